The molecule has 1 N–H and O–H groups in total. The van der Waals surface area contributed by atoms with Crippen LogP contribution in [0.2, 0.25) is 0 Å². The first-order chi connectivity index (χ1) is 11.5. The van der Waals surface area contributed by atoms with Crippen molar-refractivity contribution >= 4 is 18.0 Å². The van der Waals surface area contributed by atoms with Crippen molar-refractivity contribution in [1.29, 1.82) is 0 Å². The topological polar surface area (TPSA) is 67.9 Å². The molecule has 1 aromatic rings. The Kier molecular flexibility index (Phi) is 6.09. The summed E-state index contributed by atoms with van der Waals surface area (Å²) in [5, 5.41) is 2.69. The van der Waals surface area contributed by atoms with Crippen molar-refractivity contribution in [3.8, 4) is 0 Å². The van der Waals surface area contributed by atoms with Crippen LogP contribution >= 0.6 is 0 Å². The average Bonchev–Trinajstić information content (AvgIpc) is 3.40. The number of epoxide rings is 1. The molecule has 24 heavy (non-hydrogen) atoms. The minimum Gasteiger partial charge on any atom is -0.459 e. The van der Waals surface area contributed by atoms with E-state index in [2.05, 4.69) is 11.9 Å². The van der Waals surface area contributed by atoms with Crippen LogP contribution in [0.4, 0.5) is 0 Å². The smallest absolute Gasteiger partial charge is 0.335 e. The molecule has 5 nitrogen and oxygen atoms in total. The van der Waals surface area contributed by atoms with Crippen molar-refractivity contribution in [2.75, 3.05) is 13.2 Å². The molecular formula is C19H21NO4. The van der Waals surface area contributed by atoms with Gasteiger partial charge in [0, 0.05) is 5.57 Å². The van der Waals surface area contributed by atoms with E-state index in [0.29, 0.717) is 23.5 Å². The number of nitrogens with one attached hydrogen (secondary N) is 1. The second kappa shape index (κ2) is 8.26. The molecule has 1 atom stereocenters. The van der Waals surface area contributed by atoms with Gasteiger partial charge in [0.1, 0.15) is 12.7 Å². The van der Waals surface area contributed by atoms with Gasteiger partial charge in [0.25, 0.3) is 5.91 Å². The van der Waals surface area contributed by atoms with Crippen LogP contribution in [0.15, 0.2) is 59.8 Å². The van der Waals surface area contributed by atoms with Crippen molar-refractivity contribution in [3.05, 3.63) is 65.4 Å². The maximum absolute atomic E-state index is 12.1. The summed E-state index contributed by atoms with van der Waals surface area (Å²) in [4.78, 5) is 24.1. The van der Waals surface area contributed by atoms with Crippen molar-refractivity contribution < 1.29 is 19.1 Å². The summed E-state index contributed by atoms with van der Waals surface area (Å²) in [7, 11) is 0. The molecule has 0 spiro atoms. The Morgan fingerprint density at radius 3 is 2.58 bits per heavy atom. The van der Waals surface area contributed by atoms with E-state index in [1.807, 2.05) is 36.4 Å². The van der Waals surface area contributed by atoms with Crippen LogP contribution in [0, 0.1) is 0 Å². The lowest BCUT2D eigenvalue weighted by atomic mass is 10.1. The monoisotopic (exact) mass is 327 g/mol. The van der Waals surface area contributed by atoms with E-state index in [4.69, 9.17) is 9.47 Å². The van der Waals surface area contributed by atoms with Crippen LogP contribution in [-0.4, -0.2) is 31.2 Å². The molecule has 1 aromatic carbocycles. The molecule has 1 unspecified atom stereocenters. The van der Waals surface area contributed by atoms with E-state index in [9.17, 15) is 9.59 Å². The molecule has 0 bridgehead atoms. The van der Waals surface area contributed by atoms with Gasteiger partial charge in [-0.15, -0.1) is 0 Å². The predicted molar refractivity (Wildman–Crippen MR) is 91.8 cm³/mol. The number of carbonyl (C=O) groups is 2. The van der Waals surface area contributed by atoms with Gasteiger partial charge in [-0.05, 0) is 25.5 Å². The van der Waals surface area contributed by atoms with Crippen LogP contribution in [0.3, 0.4) is 0 Å². The minimum absolute atomic E-state index is 0.00456. The van der Waals surface area contributed by atoms with Gasteiger partial charge in [0.05, 0.1) is 17.9 Å². The summed E-state index contributed by atoms with van der Waals surface area (Å²) in [5.41, 5.74) is 2.01. The second-order valence-corrected chi connectivity index (χ2v) is 5.57. The maximum atomic E-state index is 12.1. The van der Waals surface area contributed by atoms with Crippen molar-refractivity contribution in [3.63, 3.8) is 0 Å². The van der Waals surface area contributed by atoms with E-state index in [-0.39, 0.29) is 18.6 Å². The van der Waals surface area contributed by atoms with E-state index >= 15 is 0 Å². The summed E-state index contributed by atoms with van der Waals surface area (Å²) in [6.45, 7) is 7.66. The Hall–Kier alpha value is -2.66. The third-order valence-corrected chi connectivity index (χ3v) is 3.39. The molecule has 1 fully saturated rings. The van der Waals surface area contributed by atoms with E-state index < -0.39 is 5.97 Å². The summed E-state index contributed by atoms with van der Waals surface area (Å²) in [5.74, 6) is -0.833. The fourth-order valence-corrected chi connectivity index (χ4v) is 1.78. The predicted octanol–water partition coefficient (Wildman–Crippen LogP) is 2.61. The average molecular weight is 327 g/mol. The molecule has 5 heteroatoms. The molecule has 126 valence electrons. The van der Waals surface area contributed by atoms with Gasteiger partial charge >= 0.3 is 5.97 Å². The number of ether oxygens (including phenoxy) is 2. The highest BCUT2D eigenvalue weighted by Gasteiger charge is 2.25. The first-order valence-electron chi connectivity index (χ1n) is 7.67. The van der Waals surface area contributed by atoms with Gasteiger partial charge < -0.3 is 14.8 Å². The number of carbonyl (C=O) groups excluding carboxylic acids is 2. The normalized spacial score (nSPS) is 17.2. The Bertz CT molecular complexity index is 685. The van der Waals surface area contributed by atoms with Gasteiger partial charge in [-0.1, -0.05) is 43.0 Å². The number of esters is 1. The molecule has 0 aliphatic carbocycles. The molecule has 0 saturated carbocycles. The van der Waals surface area contributed by atoms with Crippen LogP contribution < -0.4 is 5.32 Å². The zero-order chi connectivity index (χ0) is 17.5. The van der Waals surface area contributed by atoms with Gasteiger partial charge in [-0.25, -0.2) is 4.79 Å². The van der Waals surface area contributed by atoms with E-state index in [1.165, 1.54) is 0 Å². The summed E-state index contributed by atoms with van der Waals surface area (Å²) in [6.07, 6.45) is 3.49. The number of hydrogen-bond donors (Lipinski definition) is 1. The van der Waals surface area contributed by atoms with Crippen LogP contribution in [0.5, 0.6) is 0 Å². The summed E-state index contributed by atoms with van der Waals surface area (Å²) >= 11 is 0. The molecule has 1 saturated heterocycles. The fourth-order valence-electron chi connectivity index (χ4n) is 1.78. The maximum Gasteiger partial charge on any atom is 0.335 e. The van der Waals surface area contributed by atoms with Crippen LogP contribution in [0.25, 0.3) is 6.08 Å². The number of amides is 1. The number of benzene rings is 1. The fraction of sp³-hybridized carbons (Fsp3) is 0.263. The highest BCUT2D eigenvalue weighted by Crippen LogP contribution is 2.13. The standard InChI is InChI=1S/C19H21NO4/c1-13(2)18(21)20-17(10-9-15-7-5-4-6-8-15)14(3)19(22)24-12-16-11-23-16/h4-10,16H,1,11-12H2,2-3H3,(H,20,21). The molecule has 0 aromatic heterocycles. The zero-order valence-corrected chi connectivity index (χ0v) is 13.9. The zero-order valence-electron chi connectivity index (χ0n) is 13.9. The molecule has 0 radical (unpaired) electrons. The Morgan fingerprint density at radius 2 is 2.00 bits per heavy atom. The summed E-state index contributed by atoms with van der Waals surface area (Å²) in [6, 6.07) is 9.58. The molecule has 1 amide bonds. The van der Waals surface area contributed by atoms with Gasteiger partial charge in [0.15, 0.2) is 0 Å². The first-order valence-corrected chi connectivity index (χ1v) is 7.67. The van der Waals surface area contributed by atoms with E-state index in [1.54, 1.807) is 19.9 Å². The lowest BCUT2D eigenvalue weighted by Crippen LogP contribution is -2.25. The summed E-state index contributed by atoms with van der Waals surface area (Å²) < 4.78 is 10.2. The van der Waals surface area contributed by atoms with Gasteiger partial charge in [-0.3, -0.25) is 4.79 Å². The lowest BCUT2D eigenvalue weighted by Gasteiger charge is -2.10. The molecule has 1 heterocycles. The molecule has 1 aliphatic heterocycles. The number of rotatable bonds is 7. The van der Waals surface area contributed by atoms with Crippen LogP contribution in [0.1, 0.15) is 19.4 Å². The highest BCUT2D eigenvalue weighted by molar-refractivity contribution is 5.96. The Morgan fingerprint density at radius 1 is 1.33 bits per heavy atom. The third kappa shape index (κ3) is 5.52. The lowest BCUT2D eigenvalue weighted by molar-refractivity contribution is -0.139. The minimum atomic E-state index is -0.486. The van der Waals surface area contributed by atoms with Crippen molar-refractivity contribution in [1.82, 2.24) is 5.32 Å². The van der Waals surface area contributed by atoms with Crippen LogP contribution in [-0.2, 0) is 19.1 Å². The van der Waals surface area contributed by atoms with Crippen molar-refractivity contribution in [2.24, 2.45) is 0 Å². The highest BCUT2D eigenvalue weighted by atomic mass is 16.6. The quantitative estimate of drug-likeness (QED) is 0.362. The number of hydrogen-bond acceptors (Lipinski definition) is 4. The van der Waals surface area contributed by atoms with Crippen molar-refractivity contribution in [2.45, 2.75) is 20.0 Å². The van der Waals surface area contributed by atoms with Gasteiger partial charge in [0.2, 0.25) is 0 Å². The van der Waals surface area contributed by atoms with E-state index in [0.717, 1.165) is 5.56 Å². The first kappa shape index (κ1) is 17.7. The Labute approximate surface area is 141 Å². The molecule has 1 aliphatic rings. The Balaban J connectivity index is 2.17. The molecular weight excluding hydrogens is 306 g/mol. The largest absolute Gasteiger partial charge is 0.459 e. The third-order valence-electron chi connectivity index (χ3n) is 3.39. The number of allylic oxidation sites excluding steroid dienone is 1. The second-order valence-electron chi connectivity index (χ2n) is 5.57. The SMILES string of the molecule is C=C(C)C(=O)NC(C=Cc1ccccc1)=C(C)C(=O)OCC1CO1. The van der Waals surface area contributed by atoms with Gasteiger partial charge in [-0.2, -0.15) is 0 Å². The molecule has 2 rings (SSSR count).